The number of ether oxygens (including phenoxy) is 1. The lowest BCUT2D eigenvalue weighted by Crippen LogP contribution is -2.41. The quantitative estimate of drug-likeness (QED) is 0.239. The van der Waals surface area contributed by atoms with Crippen LogP contribution in [-0.2, 0) is 10.0 Å². The third-order valence-electron chi connectivity index (χ3n) is 7.98. The van der Waals surface area contributed by atoms with E-state index >= 15 is 0 Å². The average Bonchev–Trinajstić information content (AvgIpc) is 3.42. The van der Waals surface area contributed by atoms with Crippen molar-refractivity contribution in [2.75, 3.05) is 31.4 Å². The molecular weight excluding hydrogens is 618 g/mol. The van der Waals surface area contributed by atoms with Gasteiger partial charge in [0.25, 0.3) is 11.8 Å². The van der Waals surface area contributed by atoms with Crippen LogP contribution in [0.25, 0.3) is 33.6 Å². The van der Waals surface area contributed by atoms with Gasteiger partial charge in [-0.3, -0.25) is 18.8 Å². The maximum atomic E-state index is 13.7. The second kappa shape index (κ2) is 11.6. The smallest absolute Gasteiger partial charge is 0.279 e. The molecule has 2 amide bonds. The number of hydrogen-bond acceptors (Lipinski definition) is 7. The zero-order valence-corrected chi connectivity index (χ0v) is 26.0. The minimum Gasteiger partial charge on any atom is -0.471 e. The number of benzene rings is 3. The Labute approximate surface area is 263 Å². The van der Waals surface area contributed by atoms with Gasteiger partial charge < -0.3 is 14.5 Å². The summed E-state index contributed by atoms with van der Waals surface area (Å²) < 4.78 is 65.8. The van der Waals surface area contributed by atoms with Crippen LogP contribution in [0.5, 0.6) is 5.75 Å². The minimum atomic E-state index is -3.80. The van der Waals surface area contributed by atoms with E-state index in [1.165, 1.54) is 61.5 Å². The summed E-state index contributed by atoms with van der Waals surface area (Å²) in [6.45, 7) is 1.73. The summed E-state index contributed by atoms with van der Waals surface area (Å²) >= 11 is 0. The molecule has 10 nitrogen and oxygen atoms in total. The standard InChI is InChI=1S/C33H28F2N4O6S/c1-18(19-5-9-21(34)10-6-19)39-17-44-27-14-13-25(37-30(27)33(39)41)23-15-24-28(16-26(23)38(3)46(4,42)43)45-31(29(24)32(40)36-2)20-7-11-22(35)12-8-20/h5-16,18H,17H2,1-4H3,(H,36,40)/t18-/m0/s1. The van der Waals surface area contributed by atoms with Gasteiger partial charge in [-0.2, -0.15) is 0 Å². The van der Waals surface area contributed by atoms with E-state index in [0.717, 1.165) is 10.6 Å². The van der Waals surface area contributed by atoms with Crippen molar-refractivity contribution in [3.8, 4) is 28.3 Å². The molecule has 3 aromatic carbocycles. The second-order valence-corrected chi connectivity index (χ2v) is 12.8. The molecule has 0 aliphatic carbocycles. The molecule has 5 aromatic rings. The monoisotopic (exact) mass is 646 g/mol. The van der Waals surface area contributed by atoms with Gasteiger partial charge in [-0.25, -0.2) is 22.2 Å². The molecule has 1 aliphatic rings. The summed E-state index contributed by atoms with van der Waals surface area (Å²) in [4.78, 5) is 33.0. The molecule has 3 heterocycles. The number of fused-ring (bicyclic) bond motifs is 2. The Morgan fingerprint density at radius 3 is 2.30 bits per heavy atom. The van der Waals surface area contributed by atoms with Crippen molar-refractivity contribution in [3.63, 3.8) is 0 Å². The van der Waals surface area contributed by atoms with Crippen LogP contribution in [0, 0.1) is 11.6 Å². The van der Waals surface area contributed by atoms with Crippen molar-refractivity contribution in [1.29, 1.82) is 0 Å². The predicted molar refractivity (Wildman–Crippen MR) is 168 cm³/mol. The number of sulfonamides is 1. The van der Waals surface area contributed by atoms with Gasteiger partial charge in [0.1, 0.15) is 23.0 Å². The van der Waals surface area contributed by atoms with Gasteiger partial charge in [-0.1, -0.05) is 12.1 Å². The summed E-state index contributed by atoms with van der Waals surface area (Å²) in [6, 6.07) is 17.0. The number of nitrogens with zero attached hydrogens (tertiary/aromatic N) is 3. The molecule has 0 fully saturated rings. The lowest BCUT2D eigenvalue weighted by Gasteiger charge is -2.33. The number of pyridine rings is 1. The molecule has 6 rings (SSSR count). The van der Waals surface area contributed by atoms with Crippen LogP contribution < -0.4 is 14.4 Å². The van der Waals surface area contributed by atoms with Gasteiger partial charge in [-0.15, -0.1) is 0 Å². The van der Waals surface area contributed by atoms with Gasteiger partial charge in [0.15, 0.2) is 18.2 Å². The fraction of sp³-hybridized carbons (Fsp3) is 0.182. The van der Waals surface area contributed by atoms with E-state index < -0.39 is 39.5 Å². The molecular formula is C33H28F2N4O6S. The molecule has 13 heteroatoms. The number of halogens is 2. The maximum Gasteiger partial charge on any atom is 0.279 e. The molecule has 1 aliphatic heterocycles. The predicted octanol–water partition coefficient (Wildman–Crippen LogP) is 5.75. The highest BCUT2D eigenvalue weighted by atomic mass is 32.2. The summed E-state index contributed by atoms with van der Waals surface area (Å²) in [7, 11) is -0.982. The minimum absolute atomic E-state index is 0.00325. The highest BCUT2D eigenvalue weighted by molar-refractivity contribution is 7.92. The maximum absolute atomic E-state index is 13.7. The topological polar surface area (TPSA) is 122 Å². The average molecular weight is 647 g/mol. The Balaban J connectivity index is 1.52. The molecule has 46 heavy (non-hydrogen) atoms. The third kappa shape index (κ3) is 5.42. The van der Waals surface area contributed by atoms with Crippen LogP contribution in [0.1, 0.15) is 39.4 Å². The van der Waals surface area contributed by atoms with E-state index in [9.17, 15) is 26.8 Å². The number of furan rings is 1. The lowest BCUT2D eigenvalue weighted by molar-refractivity contribution is 0.0394. The summed E-state index contributed by atoms with van der Waals surface area (Å²) in [5, 5.41) is 2.94. The normalized spacial score (nSPS) is 13.7. The van der Waals surface area contributed by atoms with E-state index in [1.54, 1.807) is 37.3 Å². The van der Waals surface area contributed by atoms with Crippen LogP contribution in [0.2, 0.25) is 0 Å². The van der Waals surface area contributed by atoms with Gasteiger partial charge in [0.2, 0.25) is 10.0 Å². The first kappa shape index (κ1) is 30.7. The number of carbonyl (C=O) groups is 2. The first-order chi connectivity index (χ1) is 21.9. The summed E-state index contributed by atoms with van der Waals surface area (Å²) in [5.41, 5.74) is 2.16. The van der Waals surface area contributed by atoms with Gasteiger partial charge in [0, 0.05) is 36.7 Å². The van der Waals surface area contributed by atoms with Crippen LogP contribution in [0.4, 0.5) is 14.5 Å². The van der Waals surface area contributed by atoms with Crippen LogP contribution >= 0.6 is 0 Å². The molecule has 236 valence electrons. The Morgan fingerprint density at radius 2 is 1.67 bits per heavy atom. The van der Waals surface area contributed by atoms with Crippen molar-refractivity contribution in [2.24, 2.45) is 0 Å². The molecule has 0 radical (unpaired) electrons. The number of nitrogens with one attached hydrogen (secondary N) is 1. The molecule has 0 saturated heterocycles. The zero-order chi connectivity index (χ0) is 32.9. The first-order valence-corrected chi connectivity index (χ1v) is 15.9. The second-order valence-electron chi connectivity index (χ2n) is 10.8. The van der Waals surface area contributed by atoms with Crippen molar-refractivity contribution in [2.45, 2.75) is 13.0 Å². The van der Waals surface area contributed by atoms with Crippen molar-refractivity contribution in [1.82, 2.24) is 15.2 Å². The number of amides is 2. The fourth-order valence-corrected chi connectivity index (χ4v) is 5.85. The highest BCUT2D eigenvalue weighted by Gasteiger charge is 2.33. The summed E-state index contributed by atoms with van der Waals surface area (Å²) in [5.74, 6) is -1.39. The summed E-state index contributed by atoms with van der Waals surface area (Å²) in [6.07, 6.45) is 1.04. The van der Waals surface area contributed by atoms with Gasteiger partial charge >= 0.3 is 0 Å². The number of anilines is 1. The van der Waals surface area contributed by atoms with E-state index in [2.05, 4.69) is 10.3 Å². The third-order valence-corrected chi connectivity index (χ3v) is 9.17. The van der Waals surface area contributed by atoms with E-state index in [4.69, 9.17) is 9.15 Å². The van der Waals surface area contributed by atoms with E-state index in [0.29, 0.717) is 16.5 Å². The van der Waals surface area contributed by atoms with E-state index in [1.807, 2.05) is 0 Å². The lowest BCUT2D eigenvalue weighted by atomic mass is 10.0. The Bertz CT molecular complexity index is 2120. The zero-order valence-electron chi connectivity index (χ0n) is 25.2. The van der Waals surface area contributed by atoms with E-state index in [-0.39, 0.29) is 52.0 Å². The van der Waals surface area contributed by atoms with Crippen LogP contribution in [0.15, 0.2) is 77.2 Å². The molecule has 1 atom stereocenters. The molecule has 0 bridgehead atoms. The largest absolute Gasteiger partial charge is 0.471 e. The van der Waals surface area contributed by atoms with Gasteiger partial charge in [-0.05, 0) is 67.1 Å². The van der Waals surface area contributed by atoms with Crippen molar-refractivity contribution in [3.05, 3.63) is 101 Å². The number of rotatable bonds is 7. The van der Waals surface area contributed by atoms with Crippen LogP contribution in [-0.4, -0.2) is 57.2 Å². The molecule has 0 unspecified atom stereocenters. The molecule has 0 spiro atoms. The Hall–Kier alpha value is -5.30. The van der Waals surface area contributed by atoms with Gasteiger partial charge in [0.05, 0.1) is 29.2 Å². The van der Waals surface area contributed by atoms with Crippen molar-refractivity contribution < 1.29 is 35.9 Å². The first-order valence-electron chi connectivity index (χ1n) is 14.1. The Morgan fingerprint density at radius 1 is 1.02 bits per heavy atom. The number of hydrogen-bond donors (Lipinski definition) is 1. The van der Waals surface area contributed by atoms with Crippen LogP contribution in [0.3, 0.4) is 0 Å². The fourth-order valence-electron chi connectivity index (χ4n) is 5.34. The number of aromatic nitrogens is 1. The SMILES string of the molecule is CNC(=O)c1c(-c2ccc(F)cc2)oc2cc(N(C)S(C)(=O)=O)c(-c3ccc4c(n3)C(=O)N([C@@H](C)c3ccc(F)cc3)CO4)cc12. The molecule has 0 saturated carbocycles. The van der Waals surface area contributed by atoms with Crippen molar-refractivity contribution >= 4 is 38.5 Å². The Kier molecular flexibility index (Phi) is 7.72. The molecule has 1 N–H and O–H groups in total. The number of carbonyl (C=O) groups excluding carboxylic acids is 2. The highest BCUT2D eigenvalue weighted by Crippen LogP contribution is 2.42. The molecule has 2 aromatic heterocycles.